The molecule has 2 unspecified atom stereocenters. The van der Waals surface area contributed by atoms with Gasteiger partial charge < -0.3 is 25.0 Å². The van der Waals surface area contributed by atoms with Crippen LogP contribution in [0.25, 0.3) is 0 Å². The molecule has 0 saturated carbocycles. The third-order valence-electron chi connectivity index (χ3n) is 3.68. The van der Waals surface area contributed by atoms with Crippen molar-refractivity contribution in [1.29, 1.82) is 0 Å². The van der Waals surface area contributed by atoms with E-state index in [2.05, 4.69) is 5.32 Å². The number of rotatable bonds is 7. The van der Waals surface area contributed by atoms with Crippen LogP contribution in [0.1, 0.15) is 22.8 Å². The fraction of sp³-hybridized carbons (Fsp3) is 0.316. The van der Waals surface area contributed by atoms with Gasteiger partial charge >= 0.3 is 6.09 Å². The molecule has 0 aliphatic carbocycles. The van der Waals surface area contributed by atoms with Crippen LogP contribution in [0.5, 0.6) is 5.75 Å². The van der Waals surface area contributed by atoms with Crippen LogP contribution in [0.3, 0.4) is 0 Å². The summed E-state index contributed by atoms with van der Waals surface area (Å²) in [6.45, 7) is 1.87. The highest BCUT2D eigenvalue weighted by Gasteiger charge is 2.20. The van der Waals surface area contributed by atoms with Gasteiger partial charge in [0.1, 0.15) is 24.6 Å². The largest absolute Gasteiger partial charge is 0.497 e. The number of ether oxygens (including phenoxy) is 2. The molecule has 6 heteroatoms. The molecule has 0 aromatic heterocycles. The molecule has 6 nitrogen and oxygen atoms in total. The maximum atomic E-state index is 11.7. The van der Waals surface area contributed by atoms with E-state index in [0.717, 1.165) is 11.1 Å². The highest BCUT2D eigenvalue weighted by molar-refractivity contribution is 5.67. The van der Waals surface area contributed by atoms with Crippen molar-refractivity contribution in [2.45, 2.75) is 25.7 Å². The van der Waals surface area contributed by atoms with Gasteiger partial charge in [-0.3, -0.25) is 0 Å². The Bertz CT molecular complexity index is 689. The maximum absolute atomic E-state index is 11.7. The zero-order valence-corrected chi connectivity index (χ0v) is 14.3. The molecule has 0 saturated heterocycles. The second kappa shape index (κ2) is 9.05. The van der Waals surface area contributed by atoms with Crippen LogP contribution in [0.2, 0.25) is 0 Å². The number of benzene rings is 2. The minimum Gasteiger partial charge on any atom is -0.497 e. The van der Waals surface area contributed by atoms with Gasteiger partial charge in [-0.05, 0) is 35.7 Å². The van der Waals surface area contributed by atoms with Gasteiger partial charge in [0.2, 0.25) is 0 Å². The lowest BCUT2D eigenvalue weighted by Gasteiger charge is -2.19. The second-order valence-corrected chi connectivity index (χ2v) is 5.74. The molecule has 0 aliphatic heterocycles. The first kappa shape index (κ1) is 18.8. The van der Waals surface area contributed by atoms with Gasteiger partial charge in [-0.2, -0.15) is 0 Å². The molecule has 2 aromatic carbocycles. The number of aliphatic hydroxyl groups excluding tert-OH is 2. The summed E-state index contributed by atoms with van der Waals surface area (Å²) < 4.78 is 10.2. The first-order valence-electron chi connectivity index (χ1n) is 7.96. The number of amides is 1. The molecule has 1 amide bonds. The summed E-state index contributed by atoms with van der Waals surface area (Å²) in [5.74, 6) is 0.594. The Morgan fingerprint density at radius 2 is 1.88 bits per heavy atom. The number of hydrogen-bond donors (Lipinski definition) is 3. The summed E-state index contributed by atoms with van der Waals surface area (Å²) >= 11 is 0. The predicted octanol–water partition coefficient (Wildman–Crippen LogP) is 2.32. The molecule has 3 N–H and O–H groups in total. The van der Waals surface area contributed by atoms with Crippen LogP contribution in [-0.4, -0.2) is 36.1 Å². The number of alkyl carbamates (subject to hydrolysis) is 1. The van der Waals surface area contributed by atoms with E-state index in [9.17, 15) is 15.0 Å². The molecule has 25 heavy (non-hydrogen) atoms. The molecular formula is C19H23NO5. The van der Waals surface area contributed by atoms with Crippen molar-refractivity contribution < 1.29 is 24.5 Å². The van der Waals surface area contributed by atoms with Crippen LogP contribution in [0.4, 0.5) is 4.79 Å². The molecule has 2 rings (SSSR count). The van der Waals surface area contributed by atoms with Crippen molar-refractivity contribution in [2.75, 3.05) is 13.7 Å². The second-order valence-electron chi connectivity index (χ2n) is 5.74. The molecule has 0 heterocycles. The number of carbonyl (C=O) groups is 1. The van der Waals surface area contributed by atoms with E-state index in [1.807, 2.05) is 43.3 Å². The number of nitrogens with one attached hydrogen (secondary N) is 1. The van der Waals surface area contributed by atoms with Crippen molar-refractivity contribution in [3.8, 4) is 5.75 Å². The van der Waals surface area contributed by atoms with E-state index in [1.165, 1.54) is 7.11 Å². The molecule has 0 fully saturated rings. The van der Waals surface area contributed by atoms with Crippen molar-refractivity contribution in [2.24, 2.45) is 0 Å². The van der Waals surface area contributed by atoms with E-state index in [1.54, 1.807) is 12.1 Å². The molecule has 0 bridgehead atoms. The average Bonchev–Trinajstić information content (AvgIpc) is 2.64. The summed E-state index contributed by atoms with van der Waals surface area (Å²) in [4.78, 5) is 11.7. The van der Waals surface area contributed by atoms with E-state index in [4.69, 9.17) is 9.47 Å². The topological polar surface area (TPSA) is 88.0 Å². The Morgan fingerprint density at radius 1 is 1.16 bits per heavy atom. The highest BCUT2D eigenvalue weighted by atomic mass is 16.5. The fourth-order valence-corrected chi connectivity index (χ4v) is 2.36. The lowest BCUT2D eigenvalue weighted by atomic mass is 10.0. The monoisotopic (exact) mass is 345 g/mol. The number of carbonyl (C=O) groups excluding carboxylic acids is 1. The van der Waals surface area contributed by atoms with Crippen LogP contribution in [0, 0.1) is 6.92 Å². The standard InChI is InChI=1S/C19H23NO5/c1-13-8-15(10-16(9-13)24-2)18(22)17(21)11-20-19(23)25-12-14-6-4-3-5-7-14/h3-10,17-18,21-22H,11-12H2,1-2H3,(H,20,23). The molecule has 2 atom stereocenters. The molecule has 0 aliphatic rings. The Balaban J connectivity index is 1.83. The van der Waals surface area contributed by atoms with E-state index in [-0.39, 0.29) is 13.2 Å². The summed E-state index contributed by atoms with van der Waals surface area (Å²) in [6.07, 6.45) is -2.98. The number of hydrogen-bond acceptors (Lipinski definition) is 5. The molecular weight excluding hydrogens is 322 g/mol. The van der Waals surface area contributed by atoms with Crippen LogP contribution in [0.15, 0.2) is 48.5 Å². The molecule has 0 radical (unpaired) electrons. The summed E-state index contributed by atoms with van der Waals surface area (Å²) in [5.41, 5.74) is 2.28. The van der Waals surface area contributed by atoms with Crippen LogP contribution < -0.4 is 10.1 Å². The van der Waals surface area contributed by atoms with Crippen molar-refractivity contribution in [3.05, 3.63) is 65.2 Å². The molecule has 134 valence electrons. The molecule has 0 spiro atoms. The third kappa shape index (κ3) is 5.77. The van der Waals surface area contributed by atoms with E-state index >= 15 is 0 Å². The lowest BCUT2D eigenvalue weighted by Crippen LogP contribution is -2.35. The first-order chi connectivity index (χ1) is 12.0. The SMILES string of the molecule is COc1cc(C)cc(C(O)C(O)CNC(=O)OCc2ccccc2)c1. The summed E-state index contributed by atoms with van der Waals surface area (Å²) in [7, 11) is 1.53. The summed E-state index contributed by atoms with van der Waals surface area (Å²) in [6, 6.07) is 14.5. The molecule has 2 aromatic rings. The quantitative estimate of drug-likeness (QED) is 0.717. The Labute approximate surface area is 147 Å². The number of aryl methyl sites for hydroxylation is 1. The highest BCUT2D eigenvalue weighted by Crippen LogP contribution is 2.23. The van der Waals surface area contributed by atoms with Gasteiger partial charge in [-0.25, -0.2) is 4.79 Å². The first-order valence-corrected chi connectivity index (χ1v) is 7.96. The van der Waals surface area contributed by atoms with Crippen LogP contribution >= 0.6 is 0 Å². The van der Waals surface area contributed by atoms with E-state index < -0.39 is 18.3 Å². The Hall–Kier alpha value is -2.57. The normalized spacial score (nSPS) is 13.0. The van der Waals surface area contributed by atoms with Gasteiger partial charge in [0.25, 0.3) is 0 Å². The minimum atomic E-state index is -1.17. The predicted molar refractivity (Wildman–Crippen MR) is 93.3 cm³/mol. The maximum Gasteiger partial charge on any atom is 0.407 e. The zero-order valence-electron chi connectivity index (χ0n) is 14.3. The van der Waals surface area contributed by atoms with Gasteiger partial charge in [0.15, 0.2) is 0 Å². The van der Waals surface area contributed by atoms with Gasteiger partial charge in [-0.1, -0.05) is 36.4 Å². The average molecular weight is 345 g/mol. The van der Waals surface area contributed by atoms with Crippen molar-refractivity contribution in [3.63, 3.8) is 0 Å². The van der Waals surface area contributed by atoms with Gasteiger partial charge in [0, 0.05) is 6.54 Å². The van der Waals surface area contributed by atoms with Gasteiger partial charge in [0.05, 0.1) is 7.11 Å². The van der Waals surface area contributed by atoms with Crippen molar-refractivity contribution in [1.82, 2.24) is 5.32 Å². The summed E-state index contributed by atoms with van der Waals surface area (Å²) in [5, 5.41) is 22.8. The van der Waals surface area contributed by atoms with Gasteiger partial charge in [-0.15, -0.1) is 0 Å². The number of aliphatic hydroxyl groups is 2. The Kier molecular flexibility index (Phi) is 6.80. The fourth-order valence-electron chi connectivity index (χ4n) is 2.36. The van der Waals surface area contributed by atoms with E-state index in [0.29, 0.717) is 11.3 Å². The third-order valence-corrected chi connectivity index (χ3v) is 3.68. The minimum absolute atomic E-state index is 0.134. The lowest BCUT2D eigenvalue weighted by molar-refractivity contribution is 0.0183. The van der Waals surface area contributed by atoms with Crippen molar-refractivity contribution >= 4 is 6.09 Å². The zero-order chi connectivity index (χ0) is 18.2. The number of methoxy groups -OCH3 is 1. The Morgan fingerprint density at radius 3 is 2.56 bits per heavy atom. The smallest absolute Gasteiger partial charge is 0.407 e. The van der Waals surface area contributed by atoms with Crippen LogP contribution in [-0.2, 0) is 11.3 Å².